The summed E-state index contributed by atoms with van der Waals surface area (Å²) in [6.07, 6.45) is 0. The minimum absolute atomic E-state index is 0.137. The molecular formula is C17H16F2N2O6S. The summed E-state index contributed by atoms with van der Waals surface area (Å²) in [6, 6.07) is 7.34. The molecule has 1 unspecified atom stereocenters. The minimum atomic E-state index is -4.11. The lowest BCUT2D eigenvalue weighted by atomic mass is 10.1. The third-order valence-corrected chi connectivity index (χ3v) is 5.65. The molecule has 0 radical (unpaired) electrons. The highest BCUT2D eigenvalue weighted by Crippen LogP contribution is 2.20. The largest absolute Gasteiger partial charge is 0.379 e. The Balaban J connectivity index is 2.15. The van der Waals surface area contributed by atoms with Crippen molar-refractivity contribution in [1.82, 2.24) is 5.48 Å². The van der Waals surface area contributed by atoms with E-state index in [2.05, 4.69) is 5.32 Å². The molecule has 0 spiro atoms. The fraction of sp³-hybridized carbons (Fsp3) is 0.176. The summed E-state index contributed by atoms with van der Waals surface area (Å²) in [5, 5.41) is 20.8. The maximum atomic E-state index is 13.2. The van der Waals surface area contributed by atoms with Crippen molar-refractivity contribution < 1.29 is 37.1 Å². The zero-order chi connectivity index (χ0) is 21.1. The SMILES string of the molecule is CC(O)(CS(=O)(=O)c1ccc(NC(=O)c2ccc(F)c(F)c2)cc1)C(=O)NO. The maximum Gasteiger partial charge on any atom is 0.276 e. The van der Waals surface area contributed by atoms with Gasteiger partial charge in [0.25, 0.3) is 11.8 Å². The van der Waals surface area contributed by atoms with E-state index in [1.807, 2.05) is 0 Å². The van der Waals surface area contributed by atoms with E-state index >= 15 is 0 Å². The molecule has 0 aliphatic rings. The Hall–Kier alpha value is -2.89. The van der Waals surface area contributed by atoms with Gasteiger partial charge in [0.15, 0.2) is 27.1 Å². The molecule has 0 aromatic heterocycles. The Morgan fingerprint density at radius 3 is 2.21 bits per heavy atom. The number of sulfone groups is 1. The Morgan fingerprint density at radius 2 is 1.68 bits per heavy atom. The third kappa shape index (κ3) is 4.88. The fourth-order valence-electron chi connectivity index (χ4n) is 2.23. The van der Waals surface area contributed by atoms with Crippen LogP contribution >= 0.6 is 0 Å². The molecule has 0 saturated carbocycles. The molecule has 0 saturated heterocycles. The summed E-state index contributed by atoms with van der Waals surface area (Å²) in [6.45, 7) is 0.923. The number of benzene rings is 2. The first-order chi connectivity index (χ1) is 13.0. The van der Waals surface area contributed by atoms with Crippen LogP contribution < -0.4 is 10.8 Å². The van der Waals surface area contributed by atoms with E-state index in [4.69, 9.17) is 5.21 Å². The van der Waals surface area contributed by atoms with Crippen molar-refractivity contribution in [3.63, 3.8) is 0 Å². The number of rotatable bonds is 6. The lowest BCUT2D eigenvalue weighted by Gasteiger charge is -2.20. The zero-order valence-electron chi connectivity index (χ0n) is 14.4. The first-order valence-electron chi connectivity index (χ1n) is 7.72. The number of hydroxylamine groups is 1. The third-order valence-electron chi connectivity index (χ3n) is 3.71. The van der Waals surface area contributed by atoms with Crippen LogP contribution in [-0.2, 0) is 14.6 Å². The molecule has 0 fully saturated rings. The number of nitrogens with one attached hydrogen (secondary N) is 2. The van der Waals surface area contributed by atoms with Gasteiger partial charge in [-0.2, -0.15) is 0 Å². The number of aliphatic hydroxyl groups is 1. The minimum Gasteiger partial charge on any atom is -0.379 e. The summed E-state index contributed by atoms with van der Waals surface area (Å²) < 4.78 is 50.7. The van der Waals surface area contributed by atoms with Gasteiger partial charge in [-0.3, -0.25) is 14.8 Å². The van der Waals surface area contributed by atoms with E-state index in [-0.39, 0.29) is 16.1 Å². The summed E-state index contributed by atoms with van der Waals surface area (Å²) in [5.41, 5.74) is -1.15. The molecule has 0 aliphatic heterocycles. The first kappa shape index (κ1) is 21.4. The van der Waals surface area contributed by atoms with Crippen molar-refractivity contribution in [3.05, 3.63) is 59.7 Å². The molecule has 2 rings (SSSR count). The number of anilines is 1. The number of carbonyl (C=O) groups is 2. The van der Waals surface area contributed by atoms with Gasteiger partial charge in [0.2, 0.25) is 0 Å². The molecular weight excluding hydrogens is 398 g/mol. The van der Waals surface area contributed by atoms with Gasteiger partial charge in [-0.1, -0.05) is 0 Å². The number of halogens is 2. The summed E-state index contributed by atoms with van der Waals surface area (Å²) in [4.78, 5) is 23.1. The van der Waals surface area contributed by atoms with Crippen molar-refractivity contribution >= 4 is 27.3 Å². The van der Waals surface area contributed by atoms with E-state index in [1.54, 1.807) is 0 Å². The van der Waals surface area contributed by atoms with Gasteiger partial charge >= 0.3 is 0 Å². The Morgan fingerprint density at radius 1 is 1.07 bits per heavy atom. The molecule has 2 aromatic rings. The van der Waals surface area contributed by atoms with Gasteiger partial charge in [0, 0.05) is 11.3 Å². The predicted octanol–water partition coefficient (Wildman–Crippen LogP) is 1.25. The van der Waals surface area contributed by atoms with E-state index < -0.39 is 44.6 Å². The van der Waals surface area contributed by atoms with E-state index in [0.717, 1.165) is 37.3 Å². The zero-order valence-corrected chi connectivity index (χ0v) is 15.3. The van der Waals surface area contributed by atoms with Crippen LogP contribution in [0.3, 0.4) is 0 Å². The molecule has 1 atom stereocenters. The van der Waals surface area contributed by atoms with E-state index in [0.29, 0.717) is 0 Å². The highest BCUT2D eigenvalue weighted by Gasteiger charge is 2.36. The summed E-state index contributed by atoms with van der Waals surface area (Å²) in [5.74, 6) is -5.30. The lowest BCUT2D eigenvalue weighted by molar-refractivity contribution is -0.144. The second-order valence-electron chi connectivity index (χ2n) is 6.08. The molecule has 11 heteroatoms. The first-order valence-corrected chi connectivity index (χ1v) is 9.37. The van der Waals surface area contributed by atoms with Crippen LogP contribution in [0.2, 0.25) is 0 Å². The van der Waals surface area contributed by atoms with Crippen LogP contribution in [0.4, 0.5) is 14.5 Å². The summed E-state index contributed by atoms with van der Waals surface area (Å²) in [7, 11) is -4.11. The average molecular weight is 414 g/mol. The van der Waals surface area contributed by atoms with E-state index in [1.165, 1.54) is 17.6 Å². The number of hydrogen-bond donors (Lipinski definition) is 4. The molecule has 2 amide bonds. The van der Waals surface area contributed by atoms with Crippen LogP contribution in [0.25, 0.3) is 0 Å². The van der Waals surface area contributed by atoms with Crippen LogP contribution in [0.5, 0.6) is 0 Å². The fourth-order valence-corrected chi connectivity index (χ4v) is 3.81. The topological polar surface area (TPSA) is 133 Å². The Kier molecular flexibility index (Phi) is 6.12. The molecule has 2 aromatic carbocycles. The molecule has 150 valence electrons. The predicted molar refractivity (Wildman–Crippen MR) is 93.4 cm³/mol. The second kappa shape index (κ2) is 8.00. The second-order valence-corrected chi connectivity index (χ2v) is 8.07. The molecule has 8 nitrogen and oxygen atoms in total. The molecule has 0 heterocycles. The Labute approximate surface area is 158 Å². The average Bonchev–Trinajstić information content (AvgIpc) is 2.62. The van der Waals surface area contributed by atoms with Gasteiger partial charge in [0.1, 0.15) is 0 Å². The highest BCUT2D eigenvalue weighted by atomic mass is 32.2. The molecule has 0 bridgehead atoms. The lowest BCUT2D eigenvalue weighted by Crippen LogP contribution is -2.48. The summed E-state index contributed by atoms with van der Waals surface area (Å²) >= 11 is 0. The van der Waals surface area contributed by atoms with Gasteiger partial charge in [0.05, 0.1) is 10.6 Å². The molecule has 28 heavy (non-hydrogen) atoms. The highest BCUT2D eigenvalue weighted by molar-refractivity contribution is 7.91. The maximum absolute atomic E-state index is 13.2. The smallest absolute Gasteiger partial charge is 0.276 e. The van der Waals surface area contributed by atoms with Crippen LogP contribution in [0, 0.1) is 11.6 Å². The number of hydrogen-bond acceptors (Lipinski definition) is 6. The van der Waals surface area contributed by atoms with Crippen LogP contribution in [0.1, 0.15) is 17.3 Å². The van der Waals surface area contributed by atoms with E-state index in [9.17, 15) is 31.9 Å². The van der Waals surface area contributed by atoms with Gasteiger partial charge in [-0.15, -0.1) is 0 Å². The van der Waals surface area contributed by atoms with Gasteiger partial charge in [-0.05, 0) is 49.4 Å². The van der Waals surface area contributed by atoms with Crippen molar-refractivity contribution in [2.45, 2.75) is 17.4 Å². The van der Waals surface area contributed by atoms with Crippen molar-refractivity contribution in [2.24, 2.45) is 0 Å². The van der Waals surface area contributed by atoms with Crippen molar-refractivity contribution in [3.8, 4) is 0 Å². The van der Waals surface area contributed by atoms with Gasteiger partial charge < -0.3 is 10.4 Å². The van der Waals surface area contributed by atoms with Crippen molar-refractivity contribution in [2.75, 3.05) is 11.1 Å². The normalized spacial score (nSPS) is 13.5. The number of amides is 2. The standard InChI is InChI=1S/C17H16F2N2O6S/c1-17(24,16(23)21-25)9-28(26,27)12-5-3-11(4-6-12)20-15(22)10-2-7-13(18)14(19)8-10/h2-8,24-25H,9H2,1H3,(H,20,22)(H,21,23). The van der Waals surface area contributed by atoms with Gasteiger partial charge in [-0.25, -0.2) is 22.7 Å². The quantitative estimate of drug-likeness (QED) is 0.415. The van der Waals surface area contributed by atoms with Crippen LogP contribution in [0.15, 0.2) is 47.4 Å². The monoisotopic (exact) mass is 414 g/mol. The van der Waals surface area contributed by atoms with Crippen molar-refractivity contribution in [1.29, 1.82) is 0 Å². The molecule has 4 N–H and O–H groups in total. The van der Waals surface area contributed by atoms with Crippen LogP contribution in [-0.4, -0.2) is 41.9 Å². The Bertz CT molecular complexity index is 1010. The number of carbonyl (C=O) groups excluding carboxylic acids is 2. The molecule has 0 aliphatic carbocycles.